The Morgan fingerprint density at radius 1 is 1.20 bits per heavy atom. The Morgan fingerprint density at radius 3 is 2.45 bits per heavy atom. The summed E-state index contributed by atoms with van der Waals surface area (Å²) in [6, 6.07) is 10.5. The fourth-order valence-electron chi connectivity index (χ4n) is 1.81. The summed E-state index contributed by atoms with van der Waals surface area (Å²) in [5.74, 6) is 0. The van der Waals surface area contributed by atoms with Gasteiger partial charge in [-0.15, -0.1) is 0 Å². The molecule has 0 aliphatic rings. The molecule has 1 aromatic carbocycles. The lowest BCUT2D eigenvalue weighted by Gasteiger charge is -2.36. The van der Waals surface area contributed by atoms with Crippen LogP contribution in [0.3, 0.4) is 0 Å². The predicted molar refractivity (Wildman–Crippen MR) is 87.2 cm³/mol. The van der Waals surface area contributed by atoms with Crippen molar-refractivity contribution in [1.29, 1.82) is 5.26 Å². The van der Waals surface area contributed by atoms with Crippen molar-refractivity contribution in [2.45, 2.75) is 58.2 Å². The van der Waals surface area contributed by atoms with Crippen molar-refractivity contribution in [1.82, 2.24) is 0 Å². The standard InChI is InChI=1S/C17H27NOSi/c1-17(2,3)20(4,5)19-13-7-10-15-8-6-9-16(14-15)11-12-18/h6,8-9,14H,7,10-11,13H2,1-5H3. The number of hydrogen-bond donors (Lipinski definition) is 0. The third-order valence-electron chi connectivity index (χ3n) is 4.15. The van der Waals surface area contributed by atoms with Gasteiger partial charge in [0.2, 0.25) is 0 Å². The van der Waals surface area contributed by atoms with Crippen molar-refractivity contribution >= 4 is 8.32 Å². The second-order valence-corrected chi connectivity index (χ2v) is 11.7. The van der Waals surface area contributed by atoms with Gasteiger partial charge >= 0.3 is 0 Å². The van der Waals surface area contributed by atoms with E-state index >= 15 is 0 Å². The quantitative estimate of drug-likeness (QED) is 0.561. The van der Waals surface area contributed by atoms with Crippen molar-refractivity contribution in [3.63, 3.8) is 0 Å². The molecular formula is C17H27NOSi. The Morgan fingerprint density at radius 2 is 1.85 bits per heavy atom. The average molecular weight is 289 g/mol. The zero-order valence-corrected chi connectivity index (χ0v) is 14.5. The third-order valence-corrected chi connectivity index (χ3v) is 8.69. The van der Waals surface area contributed by atoms with Crippen LogP contribution >= 0.6 is 0 Å². The van der Waals surface area contributed by atoms with Gasteiger partial charge in [0.1, 0.15) is 0 Å². The lowest BCUT2D eigenvalue weighted by molar-refractivity contribution is 0.282. The van der Waals surface area contributed by atoms with Gasteiger partial charge in [0, 0.05) is 6.61 Å². The van der Waals surface area contributed by atoms with Gasteiger partial charge in [0.25, 0.3) is 0 Å². The highest BCUT2D eigenvalue weighted by Gasteiger charge is 2.36. The van der Waals surface area contributed by atoms with E-state index in [1.54, 1.807) is 0 Å². The van der Waals surface area contributed by atoms with Gasteiger partial charge in [-0.25, -0.2) is 0 Å². The van der Waals surface area contributed by atoms with E-state index < -0.39 is 8.32 Å². The summed E-state index contributed by atoms with van der Waals surface area (Å²) in [5.41, 5.74) is 2.41. The van der Waals surface area contributed by atoms with E-state index in [1.807, 2.05) is 12.1 Å². The van der Waals surface area contributed by atoms with Gasteiger partial charge in [-0.05, 0) is 42.1 Å². The van der Waals surface area contributed by atoms with Crippen LogP contribution in [0.5, 0.6) is 0 Å². The molecule has 110 valence electrons. The third kappa shape index (κ3) is 5.11. The smallest absolute Gasteiger partial charge is 0.191 e. The Balaban J connectivity index is 2.42. The number of hydrogen-bond acceptors (Lipinski definition) is 2. The first-order valence-electron chi connectivity index (χ1n) is 7.35. The van der Waals surface area contributed by atoms with Gasteiger partial charge < -0.3 is 4.43 Å². The molecule has 0 saturated heterocycles. The van der Waals surface area contributed by atoms with Crippen LogP contribution in [0.25, 0.3) is 0 Å². The molecule has 0 N–H and O–H groups in total. The van der Waals surface area contributed by atoms with E-state index in [9.17, 15) is 0 Å². The summed E-state index contributed by atoms with van der Waals surface area (Å²) in [6.45, 7) is 12.2. The monoisotopic (exact) mass is 289 g/mol. The summed E-state index contributed by atoms with van der Waals surface area (Å²) in [4.78, 5) is 0. The fraction of sp³-hybridized carbons (Fsp3) is 0.588. The SMILES string of the molecule is CC(C)(C)[Si](C)(C)OCCCc1cccc(CC#N)c1. The van der Waals surface area contributed by atoms with Gasteiger partial charge in [-0.2, -0.15) is 5.26 Å². The minimum absolute atomic E-state index is 0.277. The molecule has 0 saturated carbocycles. The molecule has 1 aromatic rings. The number of rotatable bonds is 6. The van der Waals surface area contributed by atoms with Gasteiger partial charge in [-0.1, -0.05) is 45.0 Å². The first-order chi connectivity index (χ1) is 9.26. The first kappa shape index (κ1) is 16.9. The molecule has 0 amide bonds. The zero-order chi connectivity index (χ0) is 15.2. The van der Waals surface area contributed by atoms with E-state index in [0.29, 0.717) is 6.42 Å². The molecule has 0 bridgehead atoms. The van der Waals surface area contributed by atoms with Crippen LogP contribution in [0, 0.1) is 11.3 Å². The van der Waals surface area contributed by atoms with Crippen LogP contribution in [0.2, 0.25) is 18.1 Å². The zero-order valence-electron chi connectivity index (χ0n) is 13.5. The van der Waals surface area contributed by atoms with Crippen molar-refractivity contribution in [3.8, 4) is 6.07 Å². The Bertz CT molecular complexity index is 469. The van der Waals surface area contributed by atoms with Crippen molar-refractivity contribution in [2.75, 3.05) is 6.61 Å². The fourth-order valence-corrected chi connectivity index (χ4v) is 2.89. The molecule has 0 unspecified atom stereocenters. The Labute approximate surface area is 124 Å². The summed E-state index contributed by atoms with van der Waals surface area (Å²) in [6.07, 6.45) is 2.56. The van der Waals surface area contributed by atoms with E-state index in [0.717, 1.165) is 25.0 Å². The van der Waals surface area contributed by atoms with Gasteiger partial charge in [0.05, 0.1) is 12.5 Å². The van der Waals surface area contributed by atoms with Crippen LogP contribution in [-0.2, 0) is 17.3 Å². The Hall–Kier alpha value is -1.11. The van der Waals surface area contributed by atoms with E-state index in [4.69, 9.17) is 9.69 Å². The van der Waals surface area contributed by atoms with Crippen molar-refractivity contribution < 1.29 is 4.43 Å². The molecule has 3 heteroatoms. The minimum atomic E-state index is -1.61. The maximum atomic E-state index is 8.73. The Kier molecular flexibility index (Phi) is 5.98. The molecule has 0 aromatic heterocycles. The molecule has 0 atom stereocenters. The lowest BCUT2D eigenvalue weighted by atomic mass is 10.1. The number of aryl methyl sites for hydroxylation is 1. The topological polar surface area (TPSA) is 33.0 Å². The largest absolute Gasteiger partial charge is 0.417 e. The first-order valence-corrected chi connectivity index (χ1v) is 10.3. The van der Waals surface area contributed by atoms with Crippen LogP contribution in [-0.4, -0.2) is 14.9 Å². The summed E-state index contributed by atoms with van der Waals surface area (Å²) < 4.78 is 6.18. The van der Waals surface area contributed by atoms with Gasteiger partial charge in [-0.3, -0.25) is 0 Å². The molecule has 1 rings (SSSR count). The minimum Gasteiger partial charge on any atom is -0.417 e. The van der Waals surface area contributed by atoms with E-state index in [2.05, 4.69) is 52.1 Å². The highest BCUT2D eigenvalue weighted by Crippen LogP contribution is 2.36. The highest BCUT2D eigenvalue weighted by atomic mass is 28.4. The van der Waals surface area contributed by atoms with Crippen LogP contribution in [0.1, 0.15) is 38.3 Å². The van der Waals surface area contributed by atoms with E-state index in [1.165, 1.54) is 5.56 Å². The van der Waals surface area contributed by atoms with Crippen LogP contribution < -0.4 is 0 Å². The second-order valence-electron chi connectivity index (χ2n) is 6.87. The molecule has 0 fully saturated rings. The normalized spacial score (nSPS) is 12.2. The summed E-state index contributed by atoms with van der Waals surface area (Å²) in [7, 11) is -1.61. The molecule has 0 aliphatic heterocycles. The average Bonchev–Trinajstić information content (AvgIpc) is 2.34. The molecule has 20 heavy (non-hydrogen) atoms. The summed E-state index contributed by atoms with van der Waals surface area (Å²) >= 11 is 0. The molecule has 0 spiro atoms. The van der Waals surface area contributed by atoms with Crippen molar-refractivity contribution in [2.24, 2.45) is 0 Å². The molecule has 0 radical (unpaired) electrons. The van der Waals surface area contributed by atoms with E-state index in [-0.39, 0.29) is 5.04 Å². The van der Waals surface area contributed by atoms with Crippen LogP contribution in [0.15, 0.2) is 24.3 Å². The molecule has 0 aliphatic carbocycles. The van der Waals surface area contributed by atoms with Crippen LogP contribution in [0.4, 0.5) is 0 Å². The molecular weight excluding hydrogens is 262 g/mol. The molecule has 0 heterocycles. The van der Waals surface area contributed by atoms with Crippen molar-refractivity contribution in [3.05, 3.63) is 35.4 Å². The predicted octanol–water partition coefficient (Wildman–Crippen LogP) is 4.71. The van der Waals surface area contributed by atoms with Gasteiger partial charge in [0.15, 0.2) is 8.32 Å². The maximum Gasteiger partial charge on any atom is 0.191 e. The summed E-state index contributed by atoms with van der Waals surface area (Å²) in [5, 5.41) is 9.00. The maximum absolute atomic E-state index is 8.73. The number of nitriles is 1. The molecule has 2 nitrogen and oxygen atoms in total. The lowest BCUT2D eigenvalue weighted by Crippen LogP contribution is -2.41. The number of nitrogens with zero attached hydrogens (tertiary/aromatic N) is 1. The second kappa shape index (κ2) is 7.06. The highest BCUT2D eigenvalue weighted by molar-refractivity contribution is 6.74. The number of benzene rings is 1.